The largest absolute Gasteiger partial charge is 0.491 e. The molecule has 0 unspecified atom stereocenters. The Morgan fingerprint density at radius 3 is 2.70 bits per heavy atom. The van der Waals surface area contributed by atoms with Crippen molar-refractivity contribution in [3.63, 3.8) is 0 Å². The Balaban J connectivity index is 1.87. The third-order valence-corrected chi connectivity index (χ3v) is 4.96. The molecule has 2 N–H and O–H groups in total. The monoisotopic (exact) mass is 315 g/mol. The van der Waals surface area contributed by atoms with E-state index in [2.05, 4.69) is 55.5 Å². The second-order valence-corrected chi connectivity index (χ2v) is 7.29. The van der Waals surface area contributed by atoms with Gasteiger partial charge in [0.25, 0.3) is 0 Å². The smallest absolute Gasteiger partial charge is 0.400 e. The zero-order chi connectivity index (χ0) is 16.7. The topological polar surface area (TPSA) is 55.4 Å². The summed E-state index contributed by atoms with van der Waals surface area (Å²) in [5.41, 5.74) is 2.79. The Morgan fingerprint density at radius 2 is 2.04 bits per heavy atom. The molecule has 0 saturated carbocycles. The highest BCUT2D eigenvalue weighted by Gasteiger charge is 2.52. The van der Waals surface area contributed by atoms with E-state index in [1.165, 1.54) is 5.56 Å². The van der Waals surface area contributed by atoms with Crippen molar-refractivity contribution in [3.8, 4) is 0 Å². The normalized spacial score (nSPS) is 22.1. The van der Waals surface area contributed by atoms with Crippen molar-refractivity contribution >= 4 is 19.0 Å². The fraction of sp³-hybridized carbons (Fsp3) is 0.588. The first-order chi connectivity index (χ1) is 10.8. The van der Waals surface area contributed by atoms with Crippen LogP contribution >= 0.6 is 0 Å². The van der Waals surface area contributed by atoms with Gasteiger partial charge >= 0.3 is 7.12 Å². The number of nitrogens with one attached hydrogen (secondary N) is 2. The number of likely N-dealkylation sites (N-methyl/N-ethyl adjacent to an activating group) is 1. The minimum absolute atomic E-state index is 0.329. The van der Waals surface area contributed by atoms with Gasteiger partial charge in [-0.1, -0.05) is 6.08 Å². The fourth-order valence-electron chi connectivity index (χ4n) is 2.89. The van der Waals surface area contributed by atoms with Crippen LogP contribution in [0.25, 0.3) is 6.08 Å². The summed E-state index contributed by atoms with van der Waals surface area (Å²) in [4.78, 5) is 4.50. The highest BCUT2D eigenvalue weighted by Crippen LogP contribution is 2.38. The molecule has 1 aromatic heterocycles. The van der Waals surface area contributed by atoms with Crippen LogP contribution in [-0.4, -0.2) is 43.4 Å². The van der Waals surface area contributed by atoms with Gasteiger partial charge in [0.2, 0.25) is 0 Å². The van der Waals surface area contributed by atoms with Crippen molar-refractivity contribution in [2.45, 2.75) is 45.3 Å². The molecule has 2 aliphatic heterocycles. The van der Waals surface area contributed by atoms with Gasteiger partial charge in [0.05, 0.1) is 11.2 Å². The maximum absolute atomic E-state index is 6.18. The molecule has 0 atom stereocenters. The van der Waals surface area contributed by atoms with E-state index < -0.39 is 0 Å². The number of fused-ring (bicyclic) bond motifs is 1. The zero-order valence-electron chi connectivity index (χ0n) is 14.7. The minimum atomic E-state index is -0.334. The van der Waals surface area contributed by atoms with E-state index >= 15 is 0 Å². The number of hydrogen-bond donors (Lipinski definition) is 2. The number of rotatable bonds is 4. The van der Waals surface area contributed by atoms with Gasteiger partial charge in [-0.25, -0.2) is 4.98 Å². The first-order valence-corrected chi connectivity index (χ1v) is 8.26. The SMILES string of the molecule is CNCC(=Cc1cnc2c(c1)CCN2)B1OC(C)(C)C(C)(C)O1. The Kier molecular flexibility index (Phi) is 4.25. The van der Waals surface area contributed by atoms with Crippen molar-refractivity contribution in [3.05, 3.63) is 28.9 Å². The standard InChI is InChI=1S/C17H26BN3O2/c1-16(2)17(3,4)23-18(22-16)14(11-19-5)9-12-8-13-6-7-20-15(13)21-10-12/h8-10,19H,6-7,11H2,1-5H3,(H,20,21). The summed E-state index contributed by atoms with van der Waals surface area (Å²) < 4.78 is 12.4. The van der Waals surface area contributed by atoms with Crippen molar-refractivity contribution in [1.82, 2.24) is 10.3 Å². The highest BCUT2D eigenvalue weighted by atomic mass is 16.7. The van der Waals surface area contributed by atoms with Gasteiger partial charge in [-0.15, -0.1) is 0 Å². The molecule has 0 spiro atoms. The molecule has 1 aromatic rings. The van der Waals surface area contributed by atoms with Gasteiger partial charge in [0.1, 0.15) is 5.82 Å². The maximum Gasteiger partial charge on any atom is 0.491 e. The summed E-state index contributed by atoms with van der Waals surface area (Å²) in [5.74, 6) is 1.01. The van der Waals surface area contributed by atoms with Crippen LogP contribution in [0.3, 0.4) is 0 Å². The third-order valence-electron chi connectivity index (χ3n) is 4.96. The molecule has 5 nitrogen and oxygen atoms in total. The average molecular weight is 315 g/mol. The zero-order valence-corrected chi connectivity index (χ0v) is 14.7. The Bertz CT molecular complexity index is 612. The lowest BCUT2D eigenvalue weighted by Crippen LogP contribution is -2.41. The van der Waals surface area contributed by atoms with Crippen molar-refractivity contribution in [2.24, 2.45) is 0 Å². The van der Waals surface area contributed by atoms with Crippen LogP contribution in [0.15, 0.2) is 17.7 Å². The lowest BCUT2D eigenvalue weighted by Gasteiger charge is -2.32. The predicted octanol–water partition coefficient (Wildman–Crippen LogP) is 2.28. The summed E-state index contributed by atoms with van der Waals surface area (Å²) in [6.07, 6.45) is 5.06. The molecule has 6 heteroatoms. The van der Waals surface area contributed by atoms with Gasteiger partial charge in [-0.2, -0.15) is 0 Å². The first-order valence-electron chi connectivity index (χ1n) is 8.26. The van der Waals surface area contributed by atoms with E-state index in [-0.39, 0.29) is 18.3 Å². The molecule has 1 fully saturated rings. The van der Waals surface area contributed by atoms with Gasteiger partial charge < -0.3 is 19.9 Å². The van der Waals surface area contributed by atoms with Crippen LogP contribution in [-0.2, 0) is 15.7 Å². The van der Waals surface area contributed by atoms with Gasteiger partial charge in [-0.05, 0) is 63.8 Å². The molecule has 3 heterocycles. The lowest BCUT2D eigenvalue weighted by molar-refractivity contribution is 0.00578. The average Bonchev–Trinajstić information content (AvgIpc) is 3.00. The quantitative estimate of drug-likeness (QED) is 0.835. The van der Waals surface area contributed by atoms with Gasteiger partial charge in [0, 0.05) is 19.3 Å². The summed E-state index contributed by atoms with van der Waals surface area (Å²) in [6.45, 7) is 9.99. The second-order valence-electron chi connectivity index (χ2n) is 7.29. The third kappa shape index (κ3) is 3.16. The minimum Gasteiger partial charge on any atom is -0.400 e. The number of pyridine rings is 1. The second kappa shape index (κ2) is 5.93. The number of hydrogen-bond acceptors (Lipinski definition) is 5. The molecule has 3 rings (SSSR count). The van der Waals surface area contributed by atoms with Crippen LogP contribution in [0.5, 0.6) is 0 Å². The number of nitrogens with zero attached hydrogens (tertiary/aromatic N) is 1. The first kappa shape index (κ1) is 16.5. The summed E-state index contributed by atoms with van der Waals surface area (Å²) in [6, 6.07) is 2.20. The molecular formula is C17H26BN3O2. The molecule has 0 radical (unpaired) electrons. The summed E-state index contributed by atoms with van der Waals surface area (Å²) >= 11 is 0. The van der Waals surface area contributed by atoms with Crippen LogP contribution in [0.1, 0.15) is 38.8 Å². The predicted molar refractivity (Wildman–Crippen MR) is 94.4 cm³/mol. The molecular weight excluding hydrogens is 289 g/mol. The van der Waals surface area contributed by atoms with Crippen molar-refractivity contribution in [2.75, 3.05) is 25.5 Å². The van der Waals surface area contributed by atoms with Gasteiger partial charge in [0.15, 0.2) is 0 Å². The molecule has 124 valence electrons. The lowest BCUT2D eigenvalue weighted by atomic mass is 9.77. The van der Waals surface area contributed by atoms with E-state index in [0.717, 1.165) is 29.8 Å². The number of anilines is 1. The van der Waals surface area contributed by atoms with Crippen LogP contribution in [0.2, 0.25) is 0 Å². The van der Waals surface area contributed by atoms with Crippen LogP contribution < -0.4 is 10.6 Å². The van der Waals surface area contributed by atoms with Gasteiger partial charge in [-0.3, -0.25) is 0 Å². The molecule has 2 aliphatic rings. The van der Waals surface area contributed by atoms with Crippen molar-refractivity contribution in [1.29, 1.82) is 0 Å². The molecule has 0 aliphatic carbocycles. The fourth-order valence-corrected chi connectivity index (χ4v) is 2.89. The van der Waals surface area contributed by atoms with E-state index in [4.69, 9.17) is 9.31 Å². The Labute approximate surface area is 139 Å². The maximum atomic E-state index is 6.18. The summed E-state index contributed by atoms with van der Waals surface area (Å²) in [7, 11) is 1.60. The molecule has 0 aromatic carbocycles. The Morgan fingerprint density at radius 1 is 1.35 bits per heavy atom. The number of aromatic nitrogens is 1. The Hall–Kier alpha value is -1.37. The summed E-state index contributed by atoms with van der Waals surface area (Å²) in [5, 5.41) is 6.50. The van der Waals surface area contributed by atoms with E-state index in [1.807, 2.05) is 13.2 Å². The molecule has 1 saturated heterocycles. The van der Waals surface area contributed by atoms with Crippen LogP contribution in [0, 0.1) is 0 Å². The molecule has 0 amide bonds. The van der Waals surface area contributed by atoms with Crippen LogP contribution in [0.4, 0.5) is 5.82 Å². The molecule has 23 heavy (non-hydrogen) atoms. The highest BCUT2D eigenvalue weighted by molar-refractivity contribution is 6.55. The molecule has 0 bridgehead atoms. The van der Waals surface area contributed by atoms with E-state index in [0.29, 0.717) is 6.54 Å². The van der Waals surface area contributed by atoms with E-state index in [1.54, 1.807) is 0 Å². The van der Waals surface area contributed by atoms with Crippen molar-refractivity contribution < 1.29 is 9.31 Å². The van der Waals surface area contributed by atoms with E-state index in [9.17, 15) is 0 Å².